The summed E-state index contributed by atoms with van der Waals surface area (Å²) in [5.74, 6) is -2.45. The van der Waals surface area contributed by atoms with Crippen LogP contribution >= 0.6 is 0 Å². The molecular formula is C17H22N2O5. The van der Waals surface area contributed by atoms with E-state index in [1.807, 2.05) is 13.8 Å². The van der Waals surface area contributed by atoms with Crippen molar-refractivity contribution in [1.29, 1.82) is 0 Å². The van der Waals surface area contributed by atoms with Gasteiger partial charge in [0.15, 0.2) is 5.78 Å². The molecule has 24 heavy (non-hydrogen) atoms. The first-order valence-corrected chi connectivity index (χ1v) is 7.85. The van der Waals surface area contributed by atoms with Gasteiger partial charge in [-0.3, -0.25) is 14.4 Å². The number of carboxylic acid groups (broad SMARTS) is 1. The van der Waals surface area contributed by atoms with Gasteiger partial charge in [-0.15, -0.1) is 0 Å². The van der Waals surface area contributed by atoms with Crippen molar-refractivity contribution in [2.75, 3.05) is 0 Å². The van der Waals surface area contributed by atoms with Crippen LogP contribution in [0.3, 0.4) is 0 Å². The maximum absolute atomic E-state index is 12.3. The summed E-state index contributed by atoms with van der Waals surface area (Å²) in [6, 6.07) is 0.169. The van der Waals surface area contributed by atoms with Crippen LogP contribution in [-0.4, -0.2) is 33.8 Å². The van der Waals surface area contributed by atoms with Crippen LogP contribution in [0.4, 0.5) is 0 Å². The van der Waals surface area contributed by atoms with E-state index in [4.69, 9.17) is 5.11 Å². The van der Waals surface area contributed by atoms with Crippen LogP contribution < -0.4 is 10.9 Å². The first kappa shape index (κ1) is 17.9. The lowest BCUT2D eigenvalue weighted by Crippen LogP contribution is -2.46. The average Bonchev–Trinajstić information content (AvgIpc) is 2.41. The van der Waals surface area contributed by atoms with E-state index in [1.54, 1.807) is 13.8 Å². The predicted molar refractivity (Wildman–Crippen MR) is 87.2 cm³/mol. The number of amides is 1. The number of hydrogen-bond donors (Lipinski definition) is 3. The van der Waals surface area contributed by atoms with Crippen LogP contribution in [0.1, 0.15) is 60.5 Å². The monoisotopic (exact) mass is 334 g/mol. The molecule has 1 aliphatic carbocycles. The Bertz CT molecular complexity index is 761. The number of carbonyl (C=O) groups is 3. The summed E-state index contributed by atoms with van der Waals surface area (Å²) in [4.78, 5) is 50.6. The Balaban J connectivity index is 2.38. The van der Waals surface area contributed by atoms with Crippen LogP contribution in [-0.2, 0) is 11.2 Å². The van der Waals surface area contributed by atoms with Gasteiger partial charge in [0.2, 0.25) is 0 Å². The molecule has 1 aliphatic rings. The zero-order valence-corrected chi connectivity index (χ0v) is 14.2. The second-order valence-electron chi connectivity index (χ2n) is 7.38. The molecule has 3 N–H and O–H groups in total. The van der Waals surface area contributed by atoms with Gasteiger partial charge < -0.3 is 15.4 Å². The second kappa shape index (κ2) is 6.22. The number of Topliss-reactive ketones (excluding diaryl/α,β-unsaturated/α-hetero) is 1. The van der Waals surface area contributed by atoms with Crippen LogP contribution in [0.2, 0.25) is 0 Å². The molecule has 1 aromatic rings. The van der Waals surface area contributed by atoms with E-state index in [0.29, 0.717) is 24.1 Å². The van der Waals surface area contributed by atoms with Crippen molar-refractivity contribution in [2.24, 2.45) is 11.3 Å². The molecule has 0 aliphatic heterocycles. The lowest BCUT2D eigenvalue weighted by Gasteiger charge is -2.29. The van der Waals surface area contributed by atoms with E-state index in [9.17, 15) is 19.2 Å². The molecule has 7 heteroatoms. The second-order valence-corrected chi connectivity index (χ2v) is 7.38. The Labute approximate surface area is 139 Å². The number of aliphatic carboxylic acids is 1. The number of ketones is 1. The summed E-state index contributed by atoms with van der Waals surface area (Å²) >= 11 is 0. The van der Waals surface area contributed by atoms with Crippen LogP contribution in [0.25, 0.3) is 0 Å². The number of fused-ring (bicyclic) bond motifs is 1. The van der Waals surface area contributed by atoms with Gasteiger partial charge in [0.1, 0.15) is 11.6 Å². The van der Waals surface area contributed by atoms with Crippen molar-refractivity contribution >= 4 is 17.7 Å². The number of rotatable bonds is 4. The van der Waals surface area contributed by atoms with Gasteiger partial charge in [0, 0.05) is 17.7 Å². The first-order chi connectivity index (χ1) is 11.0. The molecule has 1 heterocycles. The highest BCUT2D eigenvalue weighted by atomic mass is 16.4. The van der Waals surface area contributed by atoms with E-state index in [1.165, 1.54) is 6.07 Å². The molecule has 130 valence electrons. The SMILES string of the molecule is CC(C)[C@@H](NC(=O)c1cc2c([nH]c1=O)CC(C)(C)CC2=O)C(=O)O. The van der Waals surface area contributed by atoms with Crippen molar-refractivity contribution in [3.05, 3.63) is 33.2 Å². The van der Waals surface area contributed by atoms with E-state index in [0.717, 1.165) is 0 Å². The normalized spacial score (nSPS) is 17.3. The minimum absolute atomic E-state index is 0.134. The number of aromatic nitrogens is 1. The summed E-state index contributed by atoms with van der Waals surface area (Å²) in [7, 11) is 0. The Kier molecular flexibility index (Phi) is 4.64. The van der Waals surface area contributed by atoms with Crippen molar-refractivity contribution in [3.63, 3.8) is 0 Å². The Morgan fingerprint density at radius 1 is 1.25 bits per heavy atom. The first-order valence-electron chi connectivity index (χ1n) is 7.85. The van der Waals surface area contributed by atoms with Gasteiger partial charge in [0.25, 0.3) is 11.5 Å². The molecule has 0 saturated carbocycles. The number of H-pyrrole nitrogens is 1. The van der Waals surface area contributed by atoms with Crippen LogP contribution in [0.15, 0.2) is 10.9 Å². The maximum atomic E-state index is 12.3. The maximum Gasteiger partial charge on any atom is 0.326 e. The Morgan fingerprint density at radius 2 is 1.88 bits per heavy atom. The van der Waals surface area contributed by atoms with Gasteiger partial charge in [0.05, 0.1) is 0 Å². The van der Waals surface area contributed by atoms with Gasteiger partial charge in [-0.1, -0.05) is 27.7 Å². The topological polar surface area (TPSA) is 116 Å². The number of hydrogen-bond acceptors (Lipinski definition) is 4. The molecular weight excluding hydrogens is 312 g/mol. The number of nitrogens with one attached hydrogen (secondary N) is 2. The lowest BCUT2D eigenvalue weighted by molar-refractivity contribution is -0.140. The fourth-order valence-electron chi connectivity index (χ4n) is 2.93. The zero-order chi connectivity index (χ0) is 18.2. The highest BCUT2D eigenvalue weighted by molar-refractivity contribution is 6.02. The third-order valence-electron chi connectivity index (χ3n) is 4.18. The molecule has 1 atom stereocenters. The van der Waals surface area contributed by atoms with Crippen LogP contribution in [0.5, 0.6) is 0 Å². The van der Waals surface area contributed by atoms with Gasteiger partial charge in [-0.05, 0) is 23.8 Å². The summed E-state index contributed by atoms with van der Waals surface area (Å²) in [6.07, 6.45) is 0.867. The van der Waals surface area contributed by atoms with Crippen LogP contribution in [0, 0.1) is 11.3 Å². The molecule has 7 nitrogen and oxygen atoms in total. The highest BCUT2D eigenvalue weighted by Crippen LogP contribution is 2.33. The highest BCUT2D eigenvalue weighted by Gasteiger charge is 2.33. The summed E-state index contributed by atoms with van der Waals surface area (Å²) in [5.41, 5.74) is -0.256. The number of pyridine rings is 1. The summed E-state index contributed by atoms with van der Waals surface area (Å²) < 4.78 is 0. The minimum Gasteiger partial charge on any atom is -0.480 e. The third kappa shape index (κ3) is 3.55. The Morgan fingerprint density at radius 3 is 2.42 bits per heavy atom. The van der Waals surface area contributed by atoms with E-state index in [2.05, 4.69) is 10.3 Å². The van der Waals surface area contributed by atoms with Crippen molar-refractivity contribution in [1.82, 2.24) is 10.3 Å². The molecule has 0 unspecified atom stereocenters. The van der Waals surface area contributed by atoms with E-state index < -0.39 is 23.5 Å². The average molecular weight is 334 g/mol. The number of aromatic amines is 1. The molecule has 1 amide bonds. The fraction of sp³-hybridized carbons (Fsp3) is 0.529. The molecule has 2 rings (SSSR count). The molecule has 0 fully saturated rings. The molecule has 0 aromatic carbocycles. The van der Waals surface area contributed by atoms with Gasteiger partial charge in [-0.2, -0.15) is 0 Å². The number of carboxylic acids is 1. The molecule has 0 saturated heterocycles. The third-order valence-corrected chi connectivity index (χ3v) is 4.18. The zero-order valence-electron chi connectivity index (χ0n) is 14.2. The van der Waals surface area contributed by atoms with Crippen molar-refractivity contribution < 1.29 is 19.5 Å². The summed E-state index contributed by atoms with van der Waals surface area (Å²) in [5, 5.41) is 11.5. The lowest BCUT2D eigenvalue weighted by atomic mass is 9.75. The summed E-state index contributed by atoms with van der Waals surface area (Å²) in [6.45, 7) is 7.18. The quantitative estimate of drug-likeness (QED) is 0.769. The van der Waals surface area contributed by atoms with Crippen molar-refractivity contribution in [3.8, 4) is 0 Å². The van der Waals surface area contributed by atoms with Gasteiger partial charge >= 0.3 is 5.97 Å². The van der Waals surface area contributed by atoms with E-state index in [-0.39, 0.29) is 22.7 Å². The Hall–Kier alpha value is -2.44. The minimum atomic E-state index is -1.18. The predicted octanol–water partition coefficient (Wildman–Crippen LogP) is 1.37. The smallest absolute Gasteiger partial charge is 0.326 e. The number of carbonyl (C=O) groups excluding carboxylic acids is 2. The molecule has 0 spiro atoms. The molecule has 1 aromatic heterocycles. The largest absolute Gasteiger partial charge is 0.480 e. The van der Waals surface area contributed by atoms with Crippen molar-refractivity contribution in [2.45, 2.75) is 46.6 Å². The molecule has 0 bridgehead atoms. The van der Waals surface area contributed by atoms with E-state index >= 15 is 0 Å². The molecule has 0 radical (unpaired) electrons. The standard InChI is InChI=1S/C17H22N2O5/c1-8(2)13(16(23)24)19-15(22)10-5-9-11(18-14(10)21)6-17(3,4)7-12(9)20/h5,8,13H,6-7H2,1-4H3,(H,18,21)(H,19,22)(H,23,24)/t13-/m1/s1. The fourth-order valence-corrected chi connectivity index (χ4v) is 2.93. The van der Waals surface area contributed by atoms with Gasteiger partial charge in [-0.25, -0.2) is 4.79 Å².